The summed E-state index contributed by atoms with van der Waals surface area (Å²) >= 11 is 1.63. The van der Waals surface area contributed by atoms with Gasteiger partial charge in [0.2, 0.25) is 0 Å². The number of nitrogens with zero attached hydrogens (tertiary/aromatic N) is 5. The monoisotopic (exact) mass is 636 g/mol. The van der Waals surface area contributed by atoms with Crippen LogP contribution in [0.1, 0.15) is 63.3 Å². The highest BCUT2D eigenvalue weighted by molar-refractivity contribution is 8.14. The first kappa shape index (κ1) is 30.9. The van der Waals surface area contributed by atoms with Gasteiger partial charge in [0, 0.05) is 29.9 Å². The van der Waals surface area contributed by atoms with E-state index in [1.807, 2.05) is 6.07 Å². The number of amides is 2. The molecule has 1 N–H and O–H groups in total. The smallest absolute Gasteiger partial charge is 0.406 e. The van der Waals surface area contributed by atoms with Gasteiger partial charge < -0.3 is 15.0 Å². The van der Waals surface area contributed by atoms with Gasteiger partial charge in [-0.2, -0.15) is 10.1 Å². The summed E-state index contributed by atoms with van der Waals surface area (Å²) in [6, 6.07) is 13.5. The predicted molar refractivity (Wildman–Crippen MR) is 170 cm³/mol. The third-order valence-electron chi connectivity index (χ3n) is 8.14. The van der Waals surface area contributed by atoms with Crippen molar-refractivity contribution < 1.29 is 22.7 Å². The number of thioether (sulfide) groups is 1. The van der Waals surface area contributed by atoms with Gasteiger partial charge in [-0.1, -0.05) is 62.9 Å². The fourth-order valence-corrected chi connectivity index (χ4v) is 7.05. The maximum absolute atomic E-state index is 13.2. The van der Waals surface area contributed by atoms with E-state index in [-0.39, 0.29) is 23.7 Å². The van der Waals surface area contributed by atoms with Crippen molar-refractivity contribution in [3.8, 4) is 11.4 Å². The molecule has 0 spiro atoms. The number of fused-ring (bicyclic) bond motifs is 1. The molecule has 2 heterocycles. The number of nitrogens with one attached hydrogen (secondary N) is 1. The molecule has 0 radical (unpaired) electrons. The Balaban J connectivity index is 1.10. The highest BCUT2D eigenvalue weighted by Crippen LogP contribution is 2.39. The second-order valence-corrected chi connectivity index (χ2v) is 13.0. The molecule has 3 atom stereocenters. The van der Waals surface area contributed by atoms with Crippen LogP contribution in [-0.2, 0) is 0 Å². The quantitative estimate of drug-likeness (QED) is 0.298. The first-order chi connectivity index (χ1) is 21.5. The Kier molecular flexibility index (Phi) is 8.76. The van der Waals surface area contributed by atoms with Gasteiger partial charge in [-0.25, -0.2) is 14.5 Å². The molecule has 1 aromatic heterocycles. The van der Waals surface area contributed by atoms with Crippen molar-refractivity contribution in [3.63, 3.8) is 0 Å². The Morgan fingerprint density at radius 2 is 1.87 bits per heavy atom. The van der Waals surface area contributed by atoms with Crippen molar-refractivity contribution in [1.29, 1.82) is 0 Å². The van der Waals surface area contributed by atoms with Crippen LogP contribution >= 0.6 is 11.8 Å². The molecule has 2 aromatic carbocycles. The average Bonchev–Trinajstić information content (AvgIpc) is 3.64. The summed E-state index contributed by atoms with van der Waals surface area (Å²) in [5, 5.41) is 8.45. The molecule has 2 aliphatic carbocycles. The number of aliphatic imine (C=N–C) groups is 1. The van der Waals surface area contributed by atoms with Crippen molar-refractivity contribution in [2.24, 2.45) is 10.9 Å². The van der Waals surface area contributed by atoms with Gasteiger partial charge in [0.15, 0.2) is 11.0 Å². The van der Waals surface area contributed by atoms with Gasteiger partial charge in [0.25, 0.3) is 0 Å². The van der Waals surface area contributed by atoms with E-state index < -0.39 is 6.36 Å². The van der Waals surface area contributed by atoms with Gasteiger partial charge in [-0.15, -0.1) is 13.2 Å². The third-order valence-corrected chi connectivity index (χ3v) is 9.44. The second-order valence-electron chi connectivity index (χ2n) is 12.0. The minimum absolute atomic E-state index is 0.0391. The fourth-order valence-electron chi connectivity index (χ4n) is 6.03. The van der Waals surface area contributed by atoms with E-state index in [1.54, 1.807) is 18.1 Å². The number of ether oxygens (including phenoxy) is 1. The van der Waals surface area contributed by atoms with Crippen LogP contribution in [0.2, 0.25) is 0 Å². The van der Waals surface area contributed by atoms with Crippen molar-refractivity contribution in [2.75, 3.05) is 17.2 Å². The lowest BCUT2D eigenvalue weighted by Crippen LogP contribution is -2.41. The van der Waals surface area contributed by atoms with E-state index in [0.717, 1.165) is 36.0 Å². The highest BCUT2D eigenvalue weighted by atomic mass is 32.2. The first-order valence-electron chi connectivity index (χ1n) is 15.1. The van der Waals surface area contributed by atoms with Crippen LogP contribution < -0.4 is 15.0 Å². The minimum Gasteiger partial charge on any atom is -0.406 e. The minimum atomic E-state index is -4.74. The molecular formula is C33H35F3N6O2S. The molecule has 2 amide bonds. The van der Waals surface area contributed by atoms with Crippen LogP contribution in [-0.4, -0.2) is 50.7 Å². The molecule has 3 aliphatic rings. The number of aromatic nitrogens is 3. The van der Waals surface area contributed by atoms with Crippen molar-refractivity contribution in [1.82, 2.24) is 20.1 Å². The lowest BCUT2D eigenvalue weighted by atomic mass is 9.92. The molecule has 8 nitrogen and oxygen atoms in total. The van der Waals surface area contributed by atoms with E-state index in [4.69, 9.17) is 0 Å². The van der Waals surface area contributed by atoms with Crippen LogP contribution in [0.25, 0.3) is 5.69 Å². The number of hydrogen-bond donors (Lipinski definition) is 1. The number of amidine groups is 1. The fraction of sp³-hybridized carbons (Fsp3) is 0.394. The zero-order valence-corrected chi connectivity index (χ0v) is 26.1. The van der Waals surface area contributed by atoms with Crippen molar-refractivity contribution in [3.05, 3.63) is 89.5 Å². The van der Waals surface area contributed by atoms with Gasteiger partial charge in [0.05, 0.1) is 5.69 Å². The number of anilines is 1. The van der Waals surface area contributed by atoms with Crippen LogP contribution in [0.3, 0.4) is 0 Å². The molecule has 45 heavy (non-hydrogen) atoms. The Morgan fingerprint density at radius 3 is 2.62 bits per heavy atom. The molecule has 3 unspecified atom stereocenters. The molecule has 6 rings (SSSR count). The molecule has 1 saturated carbocycles. The summed E-state index contributed by atoms with van der Waals surface area (Å²) < 4.78 is 42.9. The summed E-state index contributed by atoms with van der Waals surface area (Å²) in [5.74, 6) is 2.03. The van der Waals surface area contributed by atoms with E-state index in [2.05, 4.69) is 81.2 Å². The van der Waals surface area contributed by atoms with E-state index in [9.17, 15) is 18.0 Å². The normalized spacial score (nSPS) is 22.7. The number of urea groups is 1. The molecule has 1 aliphatic heterocycles. The van der Waals surface area contributed by atoms with Crippen LogP contribution in [0.4, 0.5) is 23.7 Å². The molecule has 2 fully saturated rings. The number of carbonyl (C=O) groups excluding carboxylic acids is 1. The largest absolute Gasteiger partial charge is 0.573 e. The molecule has 12 heteroatoms. The zero-order chi connectivity index (χ0) is 31.7. The summed E-state index contributed by atoms with van der Waals surface area (Å²) in [4.78, 5) is 24.4. The lowest BCUT2D eigenvalue weighted by molar-refractivity contribution is -0.274. The molecular weight excluding hydrogens is 601 g/mol. The number of alkyl halides is 3. The Bertz CT molecular complexity index is 1650. The van der Waals surface area contributed by atoms with Crippen LogP contribution in [0, 0.1) is 5.92 Å². The van der Waals surface area contributed by atoms with Gasteiger partial charge in [0.1, 0.15) is 12.1 Å². The lowest BCUT2D eigenvalue weighted by Gasteiger charge is -2.35. The number of hydrogen-bond acceptors (Lipinski definition) is 5. The summed E-state index contributed by atoms with van der Waals surface area (Å²) in [6.07, 6.45) is 3.33. The number of benzene rings is 2. The molecule has 1 saturated heterocycles. The van der Waals surface area contributed by atoms with Crippen LogP contribution in [0.15, 0.2) is 83.1 Å². The van der Waals surface area contributed by atoms with Gasteiger partial charge >= 0.3 is 12.4 Å². The van der Waals surface area contributed by atoms with Crippen LogP contribution in [0.5, 0.6) is 5.75 Å². The summed E-state index contributed by atoms with van der Waals surface area (Å²) in [5.41, 5.74) is 5.31. The zero-order valence-electron chi connectivity index (χ0n) is 25.3. The van der Waals surface area contributed by atoms with Gasteiger partial charge in [-0.3, -0.25) is 0 Å². The number of carbonyl (C=O) groups is 1. The standard InChI is InChI=1S/C33H35F3N6O2S/c1-20(2)28-6-4-5-7-29(28)41-17-21(3)18-45-32(41)39-31(43)38-25-15-22-8-9-23(14-24(22)16-25)30-37-19-42(40-30)26-10-12-27(13-11-26)44-33(34,35)36/h4-8,10-14,19-21,23,25H,9,15-18H2,1-3H3,(H,38,43). The predicted octanol–water partition coefficient (Wildman–Crippen LogP) is 7.75. The second kappa shape index (κ2) is 12.7. The number of halogens is 3. The number of allylic oxidation sites excluding steroid dienone is 2. The maximum Gasteiger partial charge on any atom is 0.573 e. The van der Waals surface area contributed by atoms with E-state index in [0.29, 0.717) is 29.8 Å². The summed E-state index contributed by atoms with van der Waals surface area (Å²) in [6.45, 7) is 7.39. The average molecular weight is 637 g/mol. The Hall–Kier alpha value is -4.06. The van der Waals surface area contributed by atoms with E-state index >= 15 is 0 Å². The maximum atomic E-state index is 13.2. The molecule has 0 bridgehead atoms. The summed E-state index contributed by atoms with van der Waals surface area (Å²) in [7, 11) is 0. The Morgan fingerprint density at radius 1 is 1.11 bits per heavy atom. The topological polar surface area (TPSA) is 84.6 Å². The SMILES string of the molecule is CC1CSC(=NC(=O)NC2CC3=CCC(c4ncn(-c5ccc(OC(F)(F)F)cc5)n4)C=C3C2)N(c2ccccc2C(C)C)C1. The number of para-hydroxylation sites is 1. The number of rotatable bonds is 6. The van der Waals surface area contributed by atoms with Crippen molar-refractivity contribution >= 4 is 28.6 Å². The van der Waals surface area contributed by atoms with Gasteiger partial charge in [-0.05, 0) is 78.1 Å². The Labute approximate surface area is 264 Å². The third kappa shape index (κ3) is 7.27. The first-order valence-corrected chi connectivity index (χ1v) is 16.1. The highest BCUT2D eigenvalue weighted by Gasteiger charge is 2.32. The molecule has 3 aromatic rings. The molecule has 236 valence electrons. The van der Waals surface area contributed by atoms with Crippen molar-refractivity contribution in [2.45, 2.75) is 64.3 Å². The van der Waals surface area contributed by atoms with E-state index in [1.165, 1.54) is 45.7 Å².